The Hall–Kier alpha value is -2.58. The number of hydrogen-bond donors (Lipinski definition) is 3. The third-order valence-corrected chi connectivity index (χ3v) is 5.31. The molecule has 2 aliphatic heterocycles. The van der Waals surface area contributed by atoms with Gasteiger partial charge in [-0.15, -0.1) is 0 Å². The molecule has 2 fully saturated rings. The van der Waals surface area contributed by atoms with Crippen molar-refractivity contribution >= 4 is 22.4 Å². The molecule has 0 spiro atoms. The number of nitrogens with zero attached hydrogens (tertiary/aromatic N) is 2. The van der Waals surface area contributed by atoms with E-state index in [1.165, 1.54) is 5.56 Å². The summed E-state index contributed by atoms with van der Waals surface area (Å²) in [5, 5.41) is 11.2. The number of fused-ring (bicyclic) bond motifs is 1. The average molecular weight is 391 g/mol. The number of para-hydroxylation sites is 1. The van der Waals surface area contributed by atoms with Crippen LogP contribution in [0.15, 0.2) is 48.5 Å². The van der Waals surface area contributed by atoms with Gasteiger partial charge >= 0.3 is 0 Å². The van der Waals surface area contributed by atoms with Gasteiger partial charge in [-0.25, -0.2) is 9.97 Å². The molecule has 2 saturated heterocycles. The zero-order valence-electron chi connectivity index (χ0n) is 16.2. The van der Waals surface area contributed by atoms with Crippen LogP contribution in [0.25, 0.3) is 10.9 Å². The fourth-order valence-electron chi connectivity index (χ4n) is 3.76. The highest BCUT2D eigenvalue weighted by atomic mass is 16.5. The first-order valence-corrected chi connectivity index (χ1v) is 10.1. The summed E-state index contributed by atoms with van der Waals surface area (Å²) < 4.78 is 11.7. The second kappa shape index (κ2) is 8.42. The first-order chi connectivity index (χ1) is 14.4. The summed E-state index contributed by atoms with van der Waals surface area (Å²) in [5.41, 5.74) is 3.07. The molecule has 7 nitrogen and oxygen atoms in total. The molecule has 0 amide bonds. The van der Waals surface area contributed by atoms with Crippen molar-refractivity contribution in [1.82, 2.24) is 20.6 Å². The van der Waals surface area contributed by atoms with E-state index in [-0.39, 0.29) is 12.2 Å². The quantitative estimate of drug-likeness (QED) is 0.631. The van der Waals surface area contributed by atoms with Gasteiger partial charge in [0.05, 0.1) is 24.8 Å². The van der Waals surface area contributed by atoms with E-state index in [1.807, 2.05) is 24.3 Å². The monoisotopic (exact) mass is 391 g/mol. The Labute approximate surface area is 169 Å². The first kappa shape index (κ1) is 18.4. The van der Waals surface area contributed by atoms with Gasteiger partial charge in [-0.2, -0.15) is 0 Å². The minimum Gasteiger partial charge on any atom is -0.371 e. The van der Waals surface area contributed by atoms with Gasteiger partial charge < -0.3 is 25.4 Å². The molecule has 2 atom stereocenters. The van der Waals surface area contributed by atoms with Gasteiger partial charge in [0.25, 0.3) is 0 Å². The Morgan fingerprint density at radius 2 is 1.55 bits per heavy atom. The van der Waals surface area contributed by atoms with Crippen LogP contribution in [-0.2, 0) is 9.47 Å². The summed E-state index contributed by atoms with van der Waals surface area (Å²) in [6.45, 7) is 4.77. The van der Waals surface area contributed by atoms with Gasteiger partial charge in [0.15, 0.2) is 5.82 Å². The largest absolute Gasteiger partial charge is 0.371 e. The van der Waals surface area contributed by atoms with E-state index < -0.39 is 0 Å². The molecule has 0 radical (unpaired) electrons. The number of aromatic nitrogens is 2. The predicted molar refractivity (Wildman–Crippen MR) is 112 cm³/mol. The highest BCUT2D eigenvalue weighted by Crippen LogP contribution is 2.28. The molecular formula is C22H25N5O2. The Kier molecular flexibility index (Phi) is 5.36. The van der Waals surface area contributed by atoms with Gasteiger partial charge in [-0.1, -0.05) is 24.3 Å². The van der Waals surface area contributed by atoms with E-state index in [0.29, 0.717) is 12.4 Å². The molecule has 7 heteroatoms. The van der Waals surface area contributed by atoms with Crippen LogP contribution in [0.1, 0.15) is 23.6 Å². The zero-order valence-corrected chi connectivity index (χ0v) is 16.2. The highest BCUT2D eigenvalue weighted by Gasteiger charge is 2.21. The average Bonchev–Trinajstić information content (AvgIpc) is 2.81. The van der Waals surface area contributed by atoms with E-state index >= 15 is 0 Å². The Morgan fingerprint density at radius 3 is 2.28 bits per heavy atom. The fraction of sp³-hybridized carbons (Fsp3) is 0.364. The number of nitrogens with one attached hydrogen (secondary N) is 3. The minimum absolute atomic E-state index is 0.111. The molecule has 3 aromatic rings. The summed E-state index contributed by atoms with van der Waals surface area (Å²) in [4.78, 5) is 9.55. The van der Waals surface area contributed by atoms with Crippen LogP contribution < -0.4 is 16.0 Å². The number of rotatable bonds is 4. The van der Waals surface area contributed by atoms with Crippen LogP contribution in [0.4, 0.5) is 11.5 Å². The molecule has 0 saturated carbocycles. The second-order valence-electron chi connectivity index (χ2n) is 7.32. The minimum atomic E-state index is -0.132. The number of morpholine rings is 2. The SMILES string of the molecule is c1ccc2c(Nc3ccc(C4CNCCO4)cc3)nc(C3CNCCO3)nc2c1. The molecule has 3 heterocycles. The predicted octanol–water partition coefficient (Wildman–Crippen LogP) is 2.70. The lowest BCUT2D eigenvalue weighted by Gasteiger charge is -2.24. The van der Waals surface area contributed by atoms with Crippen molar-refractivity contribution < 1.29 is 9.47 Å². The van der Waals surface area contributed by atoms with Crippen LogP contribution in [0.5, 0.6) is 0 Å². The maximum atomic E-state index is 5.87. The molecule has 2 unspecified atom stereocenters. The Balaban J connectivity index is 1.43. The molecule has 0 aliphatic carbocycles. The van der Waals surface area contributed by atoms with Crippen LogP contribution in [0, 0.1) is 0 Å². The van der Waals surface area contributed by atoms with Gasteiger partial charge in [0.1, 0.15) is 11.9 Å². The summed E-state index contributed by atoms with van der Waals surface area (Å²) in [7, 11) is 0. The summed E-state index contributed by atoms with van der Waals surface area (Å²) in [6, 6.07) is 16.4. The third-order valence-electron chi connectivity index (χ3n) is 5.31. The Morgan fingerprint density at radius 1 is 0.828 bits per heavy atom. The van der Waals surface area contributed by atoms with Crippen molar-refractivity contribution in [3.8, 4) is 0 Å². The van der Waals surface area contributed by atoms with E-state index in [1.54, 1.807) is 0 Å². The molecule has 1 aromatic heterocycles. The van der Waals surface area contributed by atoms with Crippen molar-refractivity contribution in [2.24, 2.45) is 0 Å². The molecule has 2 aliphatic rings. The molecule has 2 aromatic carbocycles. The van der Waals surface area contributed by atoms with E-state index in [4.69, 9.17) is 19.4 Å². The van der Waals surface area contributed by atoms with Crippen LogP contribution in [-0.4, -0.2) is 49.4 Å². The Bertz CT molecular complexity index is 967. The topological polar surface area (TPSA) is 80.3 Å². The van der Waals surface area contributed by atoms with Crippen LogP contribution >= 0.6 is 0 Å². The number of anilines is 2. The number of benzene rings is 2. The first-order valence-electron chi connectivity index (χ1n) is 10.1. The van der Waals surface area contributed by atoms with Crippen LogP contribution in [0.2, 0.25) is 0 Å². The third kappa shape index (κ3) is 4.09. The van der Waals surface area contributed by atoms with Crippen LogP contribution in [0.3, 0.4) is 0 Å². The van der Waals surface area contributed by atoms with Gasteiger partial charge in [0, 0.05) is 37.3 Å². The standard InChI is InChI=1S/C22H25N5O2/c1-2-4-18-17(3-1)21(27-22(26-18)20-14-24-10-12-29-20)25-16-7-5-15(6-8-16)19-13-23-9-11-28-19/h1-8,19-20,23-24H,9-14H2,(H,25,26,27). The van der Waals surface area contributed by atoms with Crippen molar-refractivity contribution in [1.29, 1.82) is 0 Å². The smallest absolute Gasteiger partial charge is 0.161 e. The molecule has 5 rings (SSSR count). The normalized spacial score (nSPS) is 22.5. The van der Waals surface area contributed by atoms with Crippen molar-refractivity contribution in [2.45, 2.75) is 12.2 Å². The van der Waals surface area contributed by atoms with E-state index in [2.05, 4.69) is 40.2 Å². The van der Waals surface area contributed by atoms with Crippen molar-refractivity contribution in [2.75, 3.05) is 44.7 Å². The van der Waals surface area contributed by atoms with Gasteiger partial charge in [-0.3, -0.25) is 0 Å². The maximum Gasteiger partial charge on any atom is 0.161 e. The lowest BCUT2D eigenvalue weighted by molar-refractivity contribution is 0.0224. The van der Waals surface area contributed by atoms with Crippen molar-refractivity contribution in [3.63, 3.8) is 0 Å². The second-order valence-corrected chi connectivity index (χ2v) is 7.32. The van der Waals surface area contributed by atoms with E-state index in [0.717, 1.165) is 55.2 Å². The number of hydrogen-bond acceptors (Lipinski definition) is 7. The van der Waals surface area contributed by atoms with E-state index in [9.17, 15) is 0 Å². The fourth-order valence-corrected chi connectivity index (χ4v) is 3.76. The molecule has 0 bridgehead atoms. The molecular weight excluding hydrogens is 366 g/mol. The summed E-state index contributed by atoms with van der Waals surface area (Å²) >= 11 is 0. The summed E-state index contributed by atoms with van der Waals surface area (Å²) in [6.07, 6.45) is -0.0209. The van der Waals surface area contributed by atoms with Gasteiger partial charge in [0.2, 0.25) is 0 Å². The molecule has 3 N–H and O–H groups in total. The maximum absolute atomic E-state index is 5.87. The molecule has 150 valence electrons. The van der Waals surface area contributed by atoms with Gasteiger partial charge in [-0.05, 0) is 29.8 Å². The zero-order chi connectivity index (χ0) is 19.5. The lowest BCUT2D eigenvalue weighted by atomic mass is 10.1. The summed E-state index contributed by atoms with van der Waals surface area (Å²) in [5.74, 6) is 1.50. The number of ether oxygens (including phenoxy) is 2. The van der Waals surface area contributed by atoms with Crippen molar-refractivity contribution in [3.05, 3.63) is 59.9 Å². The highest BCUT2D eigenvalue weighted by molar-refractivity contribution is 5.90. The lowest BCUT2D eigenvalue weighted by Crippen LogP contribution is -2.34. The molecule has 29 heavy (non-hydrogen) atoms.